The Morgan fingerprint density at radius 1 is 1.33 bits per heavy atom. The highest BCUT2D eigenvalue weighted by molar-refractivity contribution is 7.87. The van der Waals surface area contributed by atoms with E-state index in [1.54, 1.807) is 0 Å². The van der Waals surface area contributed by atoms with Crippen LogP contribution in [0.2, 0.25) is 0 Å². The van der Waals surface area contributed by atoms with Crippen LogP contribution in [0, 0.1) is 11.8 Å². The lowest BCUT2D eigenvalue weighted by Gasteiger charge is -2.32. The molecule has 0 radical (unpaired) electrons. The highest BCUT2D eigenvalue weighted by Gasteiger charge is 2.29. The maximum absolute atomic E-state index is 12.2. The number of nitrogens with one attached hydrogen (secondary N) is 1. The lowest BCUT2D eigenvalue weighted by molar-refractivity contribution is 0.169. The average molecular weight is 278 g/mol. The highest BCUT2D eigenvalue weighted by atomic mass is 32.2. The summed E-state index contributed by atoms with van der Waals surface area (Å²) in [5.74, 6) is 0.545. The van der Waals surface area contributed by atoms with Crippen LogP contribution in [-0.2, 0) is 10.2 Å². The number of piperidine rings is 1. The molecule has 0 bridgehead atoms. The van der Waals surface area contributed by atoms with Gasteiger partial charge in [-0.2, -0.15) is 17.4 Å². The number of aliphatic hydroxyl groups excluding tert-OH is 1. The summed E-state index contributed by atoms with van der Waals surface area (Å²) in [7, 11) is -3.37. The minimum Gasteiger partial charge on any atom is -0.396 e. The molecule has 1 rings (SSSR count). The molecule has 2 N–H and O–H groups in total. The first-order valence-electron chi connectivity index (χ1n) is 6.79. The van der Waals surface area contributed by atoms with E-state index in [0.29, 0.717) is 19.0 Å². The molecule has 6 heteroatoms. The molecule has 0 aromatic carbocycles. The molecule has 5 nitrogen and oxygen atoms in total. The van der Waals surface area contributed by atoms with Gasteiger partial charge in [0.2, 0.25) is 0 Å². The Hall–Kier alpha value is -0.170. The van der Waals surface area contributed by atoms with Crippen LogP contribution in [0.5, 0.6) is 0 Å². The van der Waals surface area contributed by atoms with Crippen molar-refractivity contribution in [3.8, 4) is 0 Å². The normalized spacial score (nSPS) is 21.4. The summed E-state index contributed by atoms with van der Waals surface area (Å²) in [6.07, 6.45) is 2.29. The van der Waals surface area contributed by atoms with Gasteiger partial charge in [-0.05, 0) is 31.1 Å². The minimum absolute atomic E-state index is 0.00874. The molecule has 1 aliphatic heterocycles. The molecule has 0 saturated carbocycles. The maximum atomic E-state index is 12.2. The zero-order chi connectivity index (χ0) is 13.8. The van der Waals surface area contributed by atoms with Crippen LogP contribution in [0.3, 0.4) is 0 Å². The van der Waals surface area contributed by atoms with Crippen molar-refractivity contribution in [1.82, 2.24) is 9.03 Å². The van der Waals surface area contributed by atoms with Gasteiger partial charge in [0.1, 0.15) is 0 Å². The predicted molar refractivity (Wildman–Crippen MR) is 72.4 cm³/mol. The third-order valence-corrected chi connectivity index (χ3v) is 5.36. The number of hydrogen-bond acceptors (Lipinski definition) is 3. The van der Waals surface area contributed by atoms with E-state index in [1.165, 1.54) is 4.31 Å². The van der Waals surface area contributed by atoms with E-state index in [0.717, 1.165) is 19.3 Å². The minimum atomic E-state index is -3.37. The number of aliphatic hydroxyl groups is 1. The van der Waals surface area contributed by atoms with Crippen LogP contribution < -0.4 is 4.72 Å². The quantitative estimate of drug-likeness (QED) is 0.760. The molecule has 1 atom stereocenters. The van der Waals surface area contributed by atoms with Crippen LogP contribution in [0.4, 0.5) is 0 Å². The molecule has 0 aliphatic carbocycles. The predicted octanol–water partition coefficient (Wildman–Crippen LogP) is 0.960. The fourth-order valence-electron chi connectivity index (χ4n) is 2.29. The van der Waals surface area contributed by atoms with Gasteiger partial charge in [0.05, 0.1) is 0 Å². The largest absolute Gasteiger partial charge is 0.396 e. The Balaban J connectivity index is 2.59. The van der Waals surface area contributed by atoms with E-state index >= 15 is 0 Å². The lowest BCUT2D eigenvalue weighted by atomic mass is 10.00. The third-order valence-electron chi connectivity index (χ3n) is 3.72. The Kier molecular flexibility index (Phi) is 6.04. The van der Waals surface area contributed by atoms with Crippen LogP contribution in [0.25, 0.3) is 0 Å². The number of nitrogens with zero attached hydrogens (tertiary/aromatic N) is 1. The highest BCUT2D eigenvalue weighted by Crippen LogP contribution is 2.19. The molecule has 1 heterocycles. The van der Waals surface area contributed by atoms with Gasteiger partial charge in [-0.25, -0.2) is 0 Å². The van der Waals surface area contributed by atoms with E-state index in [9.17, 15) is 8.42 Å². The van der Waals surface area contributed by atoms with Gasteiger partial charge < -0.3 is 5.11 Å². The van der Waals surface area contributed by atoms with Gasteiger partial charge in [-0.15, -0.1) is 0 Å². The Bertz CT molecular complexity index is 335. The van der Waals surface area contributed by atoms with Crippen molar-refractivity contribution in [2.75, 3.05) is 19.7 Å². The number of rotatable bonds is 6. The molecule has 1 saturated heterocycles. The second-order valence-corrected chi connectivity index (χ2v) is 7.11. The Morgan fingerprint density at radius 3 is 2.28 bits per heavy atom. The smallest absolute Gasteiger partial charge is 0.279 e. The molecular weight excluding hydrogens is 252 g/mol. The summed E-state index contributed by atoms with van der Waals surface area (Å²) in [6.45, 7) is 7.21. The molecule has 18 heavy (non-hydrogen) atoms. The van der Waals surface area contributed by atoms with E-state index in [4.69, 9.17) is 5.11 Å². The Labute approximate surface area is 111 Å². The van der Waals surface area contributed by atoms with E-state index in [-0.39, 0.29) is 18.6 Å². The molecule has 0 aromatic heterocycles. The first-order chi connectivity index (χ1) is 8.40. The standard InChI is InChI=1S/C12H26N2O3S/c1-4-12(10(2)3)13-18(16,17)14-7-5-11(9-15)6-8-14/h10-13,15H,4-9H2,1-3H3. The third kappa shape index (κ3) is 4.19. The van der Waals surface area contributed by atoms with Crippen LogP contribution in [0.15, 0.2) is 0 Å². The molecule has 108 valence electrons. The molecule has 0 aromatic rings. The first kappa shape index (κ1) is 15.9. The van der Waals surface area contributed by atoms with E-state index in [2.05, 4.69) is 4.72 Å². The van der Waals surface area contributed by atoms with Gasteiger partial charge >= 0.3 is 0 Å². The fraction of sp³-hybridized carbons (Fsp3) is 1.00. The Morgan fingerprint density at radius 2 is 1.89 bits per heavy atom. The van der Waals surface area contributed by atoms with Crippen LogP contribution >= 0.6 is 0 Å². The van der Waals surface area contributed by atoms with E-state index < -0.39 is 10.2 Å². The molecule has 1 aliphatic rings. The molecular formula is C12H26N2O3S. The SMILES string of the molecule is CCC(NS(=O)(=O)N1CCC(CO)CC1)C(C)C. The molecule has 0 spiro atoms. The second-order valence-electron chi connectivity index (χ2n) is 5.41. The molecule has 0 amide bonds. The zero-order valence-electron chi connectivity index (χ0n) is 11.6. The summed E-state index contributed by atoms with van der Waals surface area (Å²) in [5.41, 5.74) is 0. The summed E-state index contributed by atoms with van der Waals surface area (Å²) < 4.78 is 28.7. The second kappa shape index (κ2) is 6.84. The van der Waals surface area contributed by atoms with Crippen molar-refractivity contribution < 1.29 is 13.5 Å². The molecule has 1 unspecified atom stereocenters. The van der Waals surface area contributed by atoms with Gasteiger partial charge in [-0.1, -0.05) is 20.8 Å². The molecule has 1 fully saturated rings. The topological polar surface area (TPSA) is 69.6 Å². The first-order valence-corrected chi connectivity index (χ1v) is 8.23. The summed E-state index contributed by atoms with van der Waals surface area (Å²) in [5, 5.41) is 9.05. The van der Waals surface area contributed by atoms with Crippen LogP contribution in [0.1, 0.15) is 40.0 Å². The van der Waals surface area contributed by atoms with Crippen molar-refractivity contribution in [3.63, 3.8) is 0 Å². The van der Waals surface area contributed by atoms with Gasteiger partial charge in [0.15, 0.2) is 0 Å². The van der Waals surface area contributed by atoms with E-state index in [1.807, 2.05) is 20.8 Å². The van der Waals surface area contributed by atoms with Gasteiger partial charge in [-0.3, -0.25) is 0 Å². The van der Waals surface area contributed by atoms with Gasteiger partial charge in [0.25, 0.3) is 10.2 Å². The van der Waals surface area contributed by atoms with Crippen molar-refractivity contribution >= 4 is 10.2 Å². The maximum Gasteiger partial charge on any atom is 0.279 e. The van der Waals surface area contributed by atoms with Crippen molar-refractivity contribution in [2.24, 2.45) is 11.8 Å². The summed E-state index contributed by atoms with van der Waals surface area (Å²) in [6, 6.07) is -0.00874. The summed E-state index contributed by atoms with van der Waals surface area (Å²) in [4.78, 5) is 0. The van der Waals surface area contributed by atoms with Gasteiger partial charge in [0, 0.05) is 25.7 Å². The zero-order valence-corrected chi connectivity index (χ0v) is 12.4. The number of hydrogen-bond donors (Lipinski definition) is 2. The lowest BCUT2D eigenvalue weighted by Crippen LogP contribution is -2.49. The van der Waals surface area contributed by atoms with Crippen LogP contribution in [-0.4, -0.2) is 43.6 Å². The monoisotopic (exact) mass is 278 g/mol. The summed E-state index contributed by atoms with van der Waals surface area (Å²) >= 11 is 0. The van der Waals surface area contributed by atoms with Crippen molar-refractivity contribution in [1.29, 1.82) is 0 Å². The fourth-order valence-corrected chi connectivity index (χ4v) is 3.95. The van der Waals surface area contributed by atoms with Crippen molar-refractivity contribution in [3.05, 3.63) is 0 Å². The van der Waals surface area contributed by atoms with Crippen molar-refractivity contribution in [2.45, 2.75) is 46.1 Å². The average Bonchev–Trinajstić information content (AvgIpc) is 2.35.